The lowest BCUT2D eigenvalue weighted by atomic mass is 10.3. The van der Waals surface area contributed by atoms with Gasteiger partial charge in [-0.2, -0.15) is 26.3 Å². The van der Waals surface area contributed by atoms with Gasteiger partial charge in [-0.25, -0.2) is 0 Å². The SMILES string of the molecule is O=C(NCCCNCCCCNCCCNCCCNC(=O)C(F)(F)F)C(F)(F)F. The van der Waals surface area contributed by atoms with E-state index in [1.165, 1.54) is 0 Å². The van der Waals surface area contributed by atoms with Crippen LogP contribution in [0.4, 0.5) is 26.3 Å². The van der Waals surface area contributed by atoms with Crippen molar-refractivity contribution >= 4 is 11.8 Å². The molecule has 0 aliphatic rings. The van der Waals surface area contributed by atoms with Crippen LogP contribution in [-0.2, 0) is 9.59 Å². The smallest absolute Gasteiger partial charge is 0.348 e. The standard InChI is InChI=1S/C17H31F6N5O2/c18-16(19,20)14(29)27-12-4-10-25-7-2-1-6-24-8-3-9-26-11-5-13-28-15(30)17(21,22)23/h24-26H,1-13H2,(H,27,29)(H,28,30). The molecule has 0 bridgehead atoms. The van der Waals surface area contributed by atoms with E-state index >= 15 is 0 Å². The average Bonchev–Trinajstić information content (AvgIpc) is 2.65. The molecule has 0 saturated heterocycles. The molecular weight excluding hydrogens is 420 g/mol. The average molecular weight is 451 g/mol. The predicted molar refractivity (Wildman–Crippen MR) is 99.8 cm³/mol. The molecule has 0 heterocycles. The first-order valence-electron chi connectivity index (χ1n) is 9.87. The summed E-state index contributed by atoms with van der Waals surface area (Å²) >= 11 is 0. The topological polar surface area (TPSA) is 94.3 Å². The third kappa shape index (κ3) is 17.3. The van der Waals surface area contributed by atoms with Gasteiger partial charge in [-0.15, -0.1) is 0 Å². The van der Waals surface area contributed by atoms with E-state index in [1.807, 2.05) is 0 Å². The number of carbonyl (C=O) groups excluding carboxylic acids is 2. The molecule has 0 aromatic heterocycles. The highest BCUT2D eigenvalue weighted by Gasteiger charge is 2.38. The van der Waals surface area contributed by atoms with Crippen molar-refractivity contribution in [3.05, 3.63) is 0 Å². The summed E-state index contributed by atoms with van der Waals surface area (Å²) in [5.74, 6) is -3.84. The molecular formula is C17H31F6N5O2. The maximum Gasteiger partial charge on any atom is 0.471 e. The van der Waals surface area contributed by atoms with Crippen molar-refractivity contribution in [2.75, 3.05) is 52.4 Å². The maximum absolute atomic E-state index is 11.9. The van der Waals surface area contributed by atoms with Crippen molar-refractivity contribution in [1.29, 1.82) is 0 Å². The van der Waals surface area contributed by atoms with E-state index < -0.39 is 24.2 Å². The number of halogens is 6. The highest BCUT2D eigenvalue weighted by molar-refractivity contribution is 5.81. The summed E-state index contributed by atoms with van der Waals surface area (Å²) in [4.78, 5) is 21.1. The van der Waals surface area contributed by atoms with Crippen molar-refractivity contribution in [3.63, 3.8) is 0 Å². The van der Waals surface area contributed by atoms with E-state index in [9.17, 15) is 35.9 Å². The summed E-state index contributed by atoms with van der Waals surface area (Å²) in [6, 6.07) is 0. The number of alkyl halides is 6. The third-order valence-electron chi connectivity index (χ3n) is 3.81. The lowest BCUT2D eigenvalue weighted by Gasteiger charge is -2.09. The number of amides is 2. The number of nitrogens with one attached hydrogen (secondary N) is 5. The van der Waals surface area contributed by atoms with Gasteiger partial charge >= 0.3 is 24.2 Å². The molecule has 0 rings (SSSR count). The van der Waals surface area contributed by atoms with Crippen molar-refractivity contribution in [1.82, 2.24) is 26.6 Å². The zero-order valence-corrected chi connectivity index (χ0v) is 16.8. The van der Waals surface area contributed by atoms with Crippen molar-refractivity contribution < 1.29 is 35.9 Å². The van der Waals surface area contributed by atoms with Gasteiger partial charge in [-0.3, -0.25) is 9.59 Å². The Balaban J connectivity index is 3.22. The van der Waals surface area contributed by atoms with E-state index in [-0.39, 0.29) is 13.1 Å². The zero-order valence-electron chi connectivity index (χ0n) is 16.8. The largest absolute Gasteiger partial charge is 0.471 e. The second kappa shape index (κ2) is 16.1. The van der Waals surface area contributed by atoms with Crippen LogP contribution in [0.5, 0.6) is 0 Å². The van der Waals surface area contributed by atoms with Crippen LogP contribution in [0.2, 0.25) is 0 Å². The molecule has 0 aromatic rings. The number of hydrogen-bond donors (Lipinski definition) is 5. The summed E-state index contributed by atoms with van der Waals surface area (Å²) in [6.07, 6.45) is -6.15. The third-order valence-corrected chi connectivity index (χ3v) is 3.81. The van der Waals surface area contributed by atoms with E-state index in [4.69, 9.17) is 0 Å². The van der Waals surface area contributed by atoms with Gasteiger partial charge in [0.15, 0.2) is 0 Å². The van der Waals surface area contributed by atoms with E-state index in [1.54, 1.807) is 10.6 Å². The van der Waals surface area contributed by atoms with Gasteiger partial charge in [-0.05, 0) is 71.4 Å². The molecule has 0 aliphatic carbocycles. The molecule has 0 unspecified atom stereocenters. The van der Waals surface area contributed by atoms with Crippen LogP contribution in [0.3, 0.4) is 0 Å². The minimum atomic E-state index is -4.84. The second-order valence-electron chi connectivity index (χ2n) is 6.53. The number of unbranched alkanes of at least 4 members (excludes halogenated alkanes) is 1. The summed E-state index contributed by atoms with van der Waals surface area (Å²) in [7, 11) is 0. The summed E-state index contributed by atoms with van der Waals surface area (Å²) in [6.45, 7) is 4.06. The molecule has 0 fully saturated rings. The predicted octanol–water partition coefficient (Wildman–Crippen LogP) is 1.06. The van der Waals surface area contributed by atoms with Gasteiger partial charge in [0.2, 0.25) is 0 Å². The molecule has 30 heavy (non-hydrogen) atoms. The first-order valence-corrected chi connectivity index (χ1v) is 9.87. The Labute approximate surface area is 172 Å². The van der Waals surface area contributed by atoms with Gasteiger partial charge in [-0.1, -0.05) is 0 Å². The molecule has 0 saturated carbocycles. The normalized spacial score (nSPS) is 12.1. The first kappa shape index (κ1) is 28.4. The zero-order chi connectivity index (χ0) is 22.9. The Bertz CT molecular complexity index is 433. The van der Waals surface area contributed by atoms with E-state index in [0.29, 0.717) is 32.5 Å². The monoisotopic (exact) mass is 451 g/mol. The summed E-state index contributed by atoms with van der Waals surface area (Å²) in [5.41, 5.74) is 0. The first-order chi connectivity index (χ1) is 14.0. The molecule has 0 atom stereocenters. The Morgan fingerprint density at radius 3 is 1.03 bits per heavy atom. The molecule has 5 N–H and O–H groups in total. The lowest BCUT2D eigenvalue weighted by molar-refractivity contribution is -0.173. The Kier molecular flexibility index (Phi) is 15.3. The van der Waals surface area contributed by atoms with Crippen LogP contribution in [0.15, 0.2) is 0 Å². The number of rotatable bonds is 17. The summed E-state index contributed by atoms with van der Waals surface area (Å²) in [5, 5.41) is 13.0. The van der Waals surface area contributed by atoms with Crippen molar-refractivity contribution in [3.8, 4) is 0 Å². The molecule has 0 aliphatic heterocycles. The number of hydrogen-bond acceptors (Lipinski definition) is 5. The fourth-order valence-corrected chi connectivity index (χ4v) is 2.24. The van der Waals surface area contributed by atoms with Crippen LogP contribution in [0, 0.1) is 0 Å². The Hall–Kier alpha value is -1.60. The maximum atomic E-state index is 11.9. The minimum absolute atomic E-state index is 0.0247. The molecule has 0 spiro atoms. The highest BCUT2D eigenvalue weighted by Crippen LogP contribution is 2.14. The fourth-order valence-electron chi connectivity index (χ4n) is 2.24. The minimum Gasteiger partial charge on any atom is -0.348 e. The quantitative estimate of drug-likeness (QED) is 0.169. The lowest BCUT2D eigenvalue weighted by Crippen LogP contribution is -2.38. The van der Waals surface area contributed by atoms with Crippen LogP contribution in [-0.4, -0.2) is 76.5 Å². The Morgan fingerprint density at radius 1 is 0.467 bits per heavy atom. The fraction of sp³-hybridized carbons (Fsp3) is 0.882. The van der Waals surface area contributed by atoms with E-state index in [2.05, 4.69) is 16.0 Å². The van der Waals surface area contributed by atoms with E-state index in [0.717, 1.165) is 38.9 Å². The molecule has 0 radical (unpaired) electrons. The Morgan fingerprint density at radius 2 is 0.733 bits per heavy atom. The molecule has 2 amide bonds. The molecule has 0 aromatic carbocycles. The second-order valence-corrected chi connectivity index (χ2v) is 6.53. The summed E-state index contributed by atoms with van der Waals surface area (Å²) < 4.78 is 71.6. The van der Waals surface area contributed by atoms with Crippen LogP contribution in [0.1, 0.15) is 32.1 Å². The highest BCUT2D eigenvalue weighted by atomic mass is 19.4. The van der Waals surface area contributed by atoms with Crippen LogP contribution < -0.4 is 26.6 Å². The molecule has 178 valence electrons. The van der Waals surface area contributed by atoms with Gasteiger partial charge in [0.1, 0.15) is 0 Å². The van der Waals surface area contributed by atoms with Gasteiger partial charge in [0, 0.05) is 13.1 Å². The van der Waals surface area contributed by atoms with Gasteiger partial charge < -0.3 is 26.6 Å². The van der Waals surface area contributed by atoms with Crippen molar-refractivity contribution in [2.24, 2.45) is 0 Å². The number of carbonyl (C=O) groups is 2. The molecule has 13 heteroatoms. The molecule has 7 nitrogen and oxygen atoms in total. The van der Waals surface area contributed by atoms with Gasteiger partial charge in [0.25, 0.3) is 0 Å². The van der Waals surface area contributed by atoms with Gasteiger partial charge in [0.05, 0.1) is 0 Å². The van der Waals surface area contributed by atoms with Crippen LogP contribution >= 0.6 is 0 Å². The van der Waals surface area contributed by atoms with Crippen LogP contribution in [0.25, 0.3) is 0 Å². The van der Waals surface area contributed by atoms with Crippen molar-refractivity contribution in [2.45, 2.75) is 44.5 Å².